The molecule has 0 aromatic carbocycles. The lowest BCUT2D eigenvalue weighted by molar-refractivity contribution is -0.133. The van der Waals surface area contributed by atoms with E-state index in [0.29, 0.717) is 25.5 Å². The van der Waals surface area contributed by atoms with Crippen molar-refractivity contribution >= 4 is 11.9 Å². The number of aromatic nitrogens is 2. The molecule has 0 atom stereocenters. The van der Waals surface area contributed by atoms with Crippen molar-refractivity contribution < 1.29 is 13.9 Å². The van der Waals surface area contributed by atoms with Crippen LogP contribution >= 0.6 is 0 Å². The van der Waals surface area contributed by atoms with Crippen molar-refractivity contribution in [1.82, 2.24) is 14.9 Å². The Morgan fingerprint density at radius 1 is 1.35 bits per heavy atom. The number of carbonyl (C=O) groups excluding carboxylic acids is 1. The van der Waals surface area contributed by atoms with Gasteiger partial charge in [-0.3, -0.25) is 4.79 Å². The van der Waals surface area contributed by atoms with Crippen LogP contribution in [0.3, 0.4) is 0 Å². The molecule has 0 bridgehead atoms. The molecule has 1 amide bonds. The lowest BCUT2D eigenvalue weighted by atomic mass is 9.77. The summed E-state index contributed by atoms with van der Waals surface area (Å²) in [5.41, 5.74) is -0.00253. The molecular weight excluding hydrogens is 299 g/mol. The summed E-state index contributed by atoms with van der Waals surface area (Å²) < 4.78 is 18.0. The summed E-state index contributed by atoms with van der Waals surface area (Å²) in [4.78, 5) is 22.1. The van der Waals surface area contributed by atoms with Gasteiger partial charge in [0.15, 0.2) is 5.82 Å². The third kappa shape index (κ3) is 3.44. The number of nitrogens with zero attached hydrogens (tertiary/aromatic N) is 3. The Bertz CT molecular complexity index is 544. The van der Waals surface area contributed by atoms with Crippen molar-refractivity contribution in [1.29, 1.82) is 0 Å². The van der Waals surface area contributed by atoms with Crippen LogP contribution < -0.4 is 5.32 Å². The summed E-state index contributed by atoms with van der Waals surface area (Å²) in [6.07, 6.45) is 7.78. The second-order valence-corrected chi connectivity index (χ2v) is 6.41. The van der Waals surface area contributed by atoms with Crippen LogP contribution in [-0.4, -0.2) is 52.6 Å². The lowest BCUT2D eigenvalue weighted by Crippen LogP contribution is -2.50. The average molecular weight is 322 g/mol. The number of hydrogen-bond acceptors (Lipinski definition) is 5. The van der Waals surface area contributed by atoms with Crippen LogP contribution in [0.1, 0.15) is 38.5 Å². The second-order valence-electron chi connectivity index (χ2n) is 6.41. The Kier molecular flexibility index (Phi) is 4.75. The van der Waals surface area contributed by atoms with Crippen LogP contribution in [0.2, 0.25) is 0 Å². The van der Waals surface area contributed by atoms with Gasteiger partial charge in [0.05, 0.1) is 19.0 Å². The molecule has 1 aromatic heterocycles. The van der Waals surface area contributed by atoms with Crippen LogP contribution in [0, 0.1) is 5.82 Å². The summed E-state index contributed by atoms with van der Waals surface area (Å²) in [7, 11) is 1.66. The van der Waals surface area contributed by atoms with Gasteiger partial charge in [0.2, 0.25) is 11.9 Å². The first-order valence-electron chi connectivity index (χ1n) is 8.16. The number of likely N-dealkylation sites (tertiary alicyclic amines) is 1. The lowest BCUT2D eigenvalue weighted by Gasteiger charge is -2.44. The highest BCUT2D eigenvalue weighted by atomic mass is 19.1. The first kappa shape index (κ1) is 16.1. The smallest absolute Gasteiger partial charge is 0.223 e. The molecule has 1 N–H and O–H groups in total. The van der Waals surface area contributed by atoms with Crippen molar-refractivity contribution in [3.05, 3.63) is 18.2 Å². The monoisotopic (exact) mass is 322 g/mol. The van der Waals surface area contributed by atoms with Crippen LogP contribution in [0.4, 0.5) is 10.3 Å². The molecule has 1 saturated carbocycles. The predicted octanol–water partition coefficient (Wildman–Crippen LogP) is 1.98. The van der Waals surface area contributed by atoms with Crippen molar-refractivity contribution in [2.24, 2.45) is 0 Å². The molecule has 2 aliphatic rings. The molecule has 1 aromatic rings. The average Bonchev–Trinajstić information content (AvgIpc) is 2.86. The van der Waals surface area contributed by atoms with E-state index in [0.717, 1.165) is 32.1 Å². The van der Waals surface area contributed by atoms with E-state index in [1.807, 2.05) is 4.90 Å². The highest BCUT2D eigenvalue weighted by molar-refractivity contribution is 5.79. The molecule has 1 spiro atoms. The maximum absolute atomic E-state index is 12.8. The SMILES string of the molecule is COCCN1C(=O)CCC12CCC(Nc1ncc(F)cn1)CC2. The minimum absolute atomic E-state index is 0.00253. The first-order valence-corrected chi connectivity index (χ1v) is 8.16. The number of halogens is 1. The quantitative estimate of drug-likeness (QED) is 0.898. The van der Waals surface area contributed by atoms with Crippen LogP contribution in [0.15, 0.2) is 12.4 Å². The molecule has 126 valence electrons. The summed E-state index contributed by atoms with van der Waals surface area (Å²) in [5.74, 6) is 0.276. The van der Waals surface area contributed by atoms with Gasteiger partial charge in [-0.15, -0.1) is 0 Å². The number of ether oxygens (including phenoxy) is 1. The van der Waals surface area contributed by atoms with E-state index >= 15 is 0 Å². The van der Waals surface area contributed by atoms with E-state index < -0.39 is 5.82 Å². The fourth-order valence-electron chi connectivity index (χ4n) is 3.81. The number of rotatable bonds is 5. The number of amides is 1. The third-order valence-electron chi connectivity index (χ3n) is 5.07. The molecular formula is C16H23FN4O2. The van der Waals surface area contributed by atoms with Crippen LogP contribution in [0.25, 0.3) is 0 Å². The molecule has 7 heteroatoms. The Labute approximate surface area is 135 Å². The zero-order chi connectivity index (χ0) is 16.3. The largest absolute Gasteiger partial charge is 0.383 e. The van der Waals surface area contributed by atoms with E-state index in [4.69, 9.17) is 4.74 Å². The zero-order valence-corrected chi connectivity index (χ0v) is 13.4. The van der Waals surface area contributed by atoms with Gasteiger partial charge in [0.25, 0.3) is 0 Å². The summed E-state index contributed by atoms with van der Waals surface area (Å²) in [6, 6.07) is 0.270. The molecule has 3 rings (SSSR count). The van der Waals surface area contributed by atoms with Gasteiger partial charge in [-0.2, -0.15) is 0 Å². The summed E-state index contributed by atoms with van der Waals surface area (Å²) >= 11 is 0. The van der Waals surface area contributed by atoms with Gasteiger partial charge in [-0.25, -0.2) is 14.4 Å². The fraction of sp³-hybridized carbons (Fsp3) is 0.688. The van der Waals surface area contributed by atoms with E-state index in [1.54, 1.807) is 7.11 Å². The Morgan fingerprint density at radius 2 is 2.04 bits per heavy atom. The minimum Gasteiger partial charge on any atom is -0.383 e. The van der Waals surface area contributed by atoms with Gasteiger partial charge in [0.1, 0.15) is 0 Å². The van der Waals surface area contributed by atoms with E-state index in [2.05, 4.69) is 15.3 Å². The van der Waals surface area contributed by atoms with Gasteiger partial charge < -0.3 is 15.0 Å². The fourth-order valence-corrected chi connectivity index (χ4v) is 3.81. The number of methoxy groups -OCH3 is 1. The molecule has 1 saturated heterocycles. The molecule has 0 radical (unpaired) electrons. The summed E-state index contributed by atoms with van der Waals surface area (Å²) in [6.45, 7) is 1.26. The number of carbonyl (C=O) groups is 1. The molecule has 2 fully saturated rings. The molecule has 1 aliphatic carbocycles. The molecule has 6 nitrogen and oxygen atoms in total. The van der Waals surface area contributed by atoms with E-state index in [1.165, 1.54) is 12.4 Å². The molecule has 0 unspecified atom stereocenters. The number of anilines is 1. The topological polar surface area (TPSA) is 67.3 Å². The maximum atomic E-state index is 12.8. The zero-order valence-electron chi connectivity index (χ0n) is 13.4. The van der Waals surface area contributed by atoms with Gasteiger partial charge in [-0.1, -0.05) is 0 Å². The highest BCUT2D eigenvalue weighted by Crippen LogP contribution is 2.42. The van der Waals surface area contributed by atoms with Crippen LogP contribution in [-0.2, 0) is 9.53 Å². The van der Waals surface area contributed by atoms with E-state index in [-0.39, 0.29) is 17.5 Å². The van der Waals surface area contributed by atoms with Crippen molar-refractivity contribution in [3.63, 3.8) is 0 Å². The normalized spacial score (nSPS) is 27.7. The Hall–Kier alpha value is -1.76. The summed E-state index contributed by atoms with van der Waals surface area (Å²) in [5, 5.41) is 3.27. The Morgan fingerprint density at radius 3 is 2.70 bits per heavy atom. The van der Waals surface area contributed by atoms with E-state index in [9.17, 15) is 9.18 Å². The van der Waals surface area contributed by atoms with Crippen LogP contribution in [0.5, 0.6) is 0 Å². The minimum atomic E-state index is -0.434. The number of nitrogens with one attached hydrogen (secondary N) is 1. The third-order valence-corrected chi connectivity index (χ3v) is 5.07. The van der Waals surface area contributed by atoms with Gasteiger partial charge >= 0.3 is 0 Å². The molecule has 2 heterocycles. The van der Waals surface area contributed by atoms with Crippen molar-refractivity contribution in [2.45, 2.75) is 50.1 Å². The number of hydrogen-bond donors (Lipinski definition) is 1. The molecule has 1 aliphatic heterocycles. The second kappa shape index (κ2) is 6.78. The standard InChI is InChI=1S/C16H23FN4O2/c1-23-9-8-21-14(22)4-7-16(21)5-2-13(3-6-16)20-15-18-10-12(17)11-19-15/h10-11,13H,2-9H2,1H3,(H,18,19,20). The van der Waals surface area contributed by atoms with Crippen molar-refractivity contribution in [3.8, 4) is 0 Å². The Balaban J connectivity index is 1.58. The van der Waals surface area contributed by atoms with Crippen molar-refractivity contribution in [2.75, 3.05) is 25.6 Å². The highest BCUT2D eigenvalue weighted by Gasteiger charge is 2.46. The van der Waals surface area contributed by atoms with Gasteiger partial charge in [0, 0.05) is 31.7 Å². The molecule has 23 heavy (non-hydrogen) atoms. The maximum Gasteiger partial charge on any atom is 0.223 e. The van der Waals surface area contributed by atoms with Gasteiger partial charge in [-0.05, 0) is 32.1 Å². The first-order chi connectivity index (χ1) is 11.1. The predicted molar refractivity (Wildman–Crippen MR) is 83.4 cm³/mol.